The second-order valence-electron chi connectivity index (χ2n) is 6.77. The van der Waals surface area contributed by atoms with E-state index in [1.807, 2.05) is 30.4 Å². The van der Waals surface area contributed by atoms with Crippen LogP contribution in [0.5, 0.6) is 0 Å². The highest BCUT2D eigenvalue weighted by molar-refractivity contribution is 6.13. The first-order chi connectivity index (χ1) is 12.2. The Balaban J connectivity index is 1.96. The van der Waals surface area contributed by atoms with E-state index in [0.29, 0.717) is 5.57 Å². The summed E-state index contributed by atoms with van der Waals surface area (Å²) in [6.45, 7) is 4.30. The molecule has 1 aromatic carbocycles. The molecule has 1 atom stereocenters. The maximum Gasteiger partial charge on any atom is 0.190 e. The van der Waals surface area contributed by atoms with E-state index in [4.69, 9.17) is 5.73 Å². The fraction of sp³-hybridized carbons (Fsp3) is 0.435. The lowest BCUT2D eigenvalue weighted by molar-refractivity contribution is -0.112. The Kier molecular flexibility index (Phi) is 7.87. The summed E-state index contributed by atoms with van der Waals surface area (Å²) in [5.74, 6) is 0.0576. The van der Waals surface area contributed by atoms with Crippen LogP contribution < -0.4 is 5.73 Å². The average Bonchev–Trinajstić information content (AvgIpc) is 3.00. The van der Waals surface area contributed by atoms with Gasteiger partial charge in [0.15, 0.2) is 5.78 Å². The smallest absolute Gasteiger partial charge is 0.190 e. The summed E-state index contributed by atoms with van der Waals surface area (Å²) in [5, 5.41) is 0. The number of aryl methyl sites for hydroxylation is 1. The number of carbonyl (C=O) groups is 1. The number of rotatable bonds is 10. The molecule has 0 radical (unpaired) electrons. The first-order valence-electron chi connectivity index (χ1n) is 9.64. The number of hydrogen-bond donors (Lipinski definition) is 1. The quantitative estimate of drug-likeness (QED) is 0.565. The molecule has 0 amide bonds. The summed E-state index contributed by atoms with van der Waals surface area (Å²) in [7, 11) is 0. The van der Waals surface area contributed by atoms with Gasteiger partial charge in [-0.15, -0.1) is 0 Å². The lowest BCUT2D eigenvalue weighted by Crippen LogP contribution is -2.18. The number of benzene rings is 1. The Hall–Kier alpha value is -1.93. The Bertz CT molecular complexity index is 666. The summed E-state index contributed by atoms with van der Waals surface area (Å²) >= 11 is 0. The van der Waals surface area contributed by atoms with Crippen LogP contribution in [0.1, 0.15) is 69.5 Å². The predicted molar refractivity (Wildman–Crippen MR) is 106 cm³/mol. The SMILES string of the molecule is CCC=CC1=CC=C(C(N)c2cccc(CCCCCCC)c2)C1=O. The molecule has 2 N–H and O–H groups in total. The van der Waals surface area contributed by atoms with E-state index in [-0.39, 0.29) is 11.8 Å². The highest BCUT2D eigenvalue weighted by Crippen LogP contribution is 2.28. The summed E-state index contributed by atoms with van der Waals surface area (Å²) in [5.41, 5.74) is 10.2. The molecule has 0 saturated heterocycles. The fourth-order valence-corrected chi connectivity index (χ4v) is 3.17. The molecule has 0 aromatic heterocycles. The molecule has 0 spiro atoms. The topological polar surface area (TPSA) is 43.1 Å². The van der Waals surface area contributed by atoms with Gasteiger partial charge in [0.25, 0.3) is 0 Å². The molecule has 2 rings (SSSR count). The Labute approximate surface area is 152 Å². The molecule has 1 aliphatic rings. The van der Waals surface area contributed by atoms with Crippen molar-refractivity contribution in [3.8, 4) is 0 Å². The van der Waals surface area contributed by atoms with Crippen LogP contribution in [0.4, 0.5) is 0 Å². The number of unbranched alkanes of at least 4 members (excludes halogenated alkanes) is 4. The van der Waals surface area contributed by atoms with Crippen molar-refractivity contribution >= 4 is 5.78 Å². The van der Waals surface area contributed by atoms with Crippen molar-refractivity contribution in [3.63, 3.8) is 0 Å². The van der Waals surface area contributed by atoms with Gasteiger partial charge in [0.1, 0.15) is 0 Å². The third kappa shape index (κ3) is 5.54. The fourth-order valence-electron chi connectivity index (χ4n) is 3.17. The number of ketones is 1. The molecule has 1 aromatic rings. The van der Waals surface area contributed by atoms with E-state index in [0.717, 1.165) is 24.0 Å². The maximum atomic E-state index is 12.5. The largest absolute Gasteiger partial charge is 0.320 e. The third-order valence-electron chi connectivity index (χ3n) is 4.71. The molecular formula is C23H31NO. The molecule has 25 heavy (non-hydrogen) atoms. The van der Waals surface area contributed by atoms with Gasteiger partial charge >= 0.3 is 0 Å². The summed E-state index contributed by atoms with van der Waals surface area (Å²) in [6.07, 6.45) is 16.1. The zero-order valence-electron chi connectivity index (χ0n) is 15.6. The zero-order chi connectivity index (χ0) is 18.1. The van der Waals surface area contributed by atoms with E-state index >= 15 is 0 Å². The molecule has 0 bridgehead atoms. The van der Waals surface area contributed by atoms with E-state index in [1.54, 1.807) is 0 Å². The minimum absolute atomic E-state index is 0.0576. The Morgan fingerprint density at radius 3 is 2.64 bits per heavy atom. The normalized spacial score (nSPS) is 15.6. The Morgan fingerprint density at radius 1 is 1.08 bits per heavy atom. The molecule has 1 aliphatic carbocycles. The van der Waals surface area contributed by atoms with Crippen LogP contribution >= 0.6 is 0 Å². The number of Topliss-reactive ketones (excluding diaryl/α,β-unsaturated/α-hetero) is 1. The lowest BCUT2D eigenvalue weighted by Gasteiger charge is -2.14. The Morgan fingerprint density at radius 2 is 1.88 bits per heavy atom. The lowest BCUT2D eigenvalue weighted by atomic mass is 9.94. The van der Waals surface area contributed by atoms with Gasteiger partial charge in [0, 0.05) is 11.1 Å². The molecule has 0 fully saturated rings. The number of nitrogens with two attached hydrogens (primary N) is 1. The van der Waals surface area contributed by atoms with Crippen LogP contribution in [-0.2, 0) is 11.2 Å². The molecule has 2 nitrogen and oxygen atoms in total. The van der Waals surface area contributed by atoms with Crippen LogP contribution in [0.3, 0.4) is 0 Å². The number of allylic oxidation sites excluding steroid dienone is 5. The molecule has 1 unspecified atom stereocenters. The predicted octanol–water partition coefficient (Wildman–Crippen LogP) is 5.60. The molecule has 134 valence electrons. The number of carbonyl (C=O) groups excluding carboxylic acids is 1. The van der Waals surface area contributed by atoms with Gasteiger partial charge in [0.2, 0.25) is 0 Å². The molecular weight excluding hydrogens is 306 g/mol. The second kappa shape index (κ2) is 10.1. The average molecular weight is 338 g/mol. The highest BCUT2D eigenvalue weighted by atomic mass is 16.1. The van der Waals surface area contributed by atoms with Crippen molar-refractivity contribution in [2.45, 2.75) is 64.8 Å². The van der Waals surface area contributed by atoms with Crippen LogP contribution in [0, 0.1) is 0 Å². The zero-order valence-corrected chi connectivity index (χ0v) is 15.6. The van der Waals surface area contributed by atoms with Crippen LogP contribution in [-0.4, -0.2) is 5.78 Å². The highest BCUT2D eigenvalue weighted by Gasteiger charge is 2.24. The summed E-state index contributed by atoms with van der Waals surface area (Å²) in [6, 6.07) is 8.06. The van der Waals surface area contributed by atoms with Crippen molar-refractivity contribution in [2.75, 3.05) is 0 Å². The van der Waals surface area contributed by atoms with Crippen LogP contribution in [0.2, 0.25) is 0 Å². The molecule has 0 aliphatic heterocycles. The van der Waals surface area contributed by atoms with Gasteiger partial charge in [-0.2, -0.15) is 0 Å². The van der Waals surface area contributed by atoms with Gasteiger partial charge < -0.3 is 5.73 Å². The van der Waals surface area contributed by atoms with E-state index in [1.165, 1.54) is 37.7 Å². The summed E-state index contributed by atoms with van der Waals surface area (Å²) in [4.78, 5) is 12.5. The van der Waals surface area contributed by atoms with Crippen LogP contribution in [0.15, 0.2) is 59.7 Å². The number of hydrogen-bond acceptors (Lipinski definition) is 2. The van der Waals surface area contributed by atoms with Gasteiger partial charge in [0.05, 0.1) is 6.04 Å². The van der Waals surface area contributed by atoms with Gasteiger partial charge in [-0.1, -0.05) is 88.1 Å². The van der Waals surface area contributed by atoms with Crippen molar-refractivity contribution < 1.29 is 4.79 Å². The van der Waals surface area contributed by atoms with E-state index in [9.17, 15) is 4.79 Å². The minimum atomic E-state index is -0.351. The van der Waals surface area contributed by atoms with E-state index in [2.05, 4.69) is 32.0 Å². The van der Waals surface area contributed by atoms with Gasteiger partial charge in [-0.3, -0.25) is 4.79 Å². The molecule has 0 saturated carbocycles. The van der Waals surface area contributed by atoms with Gasteiger partial charge in [-0.05, 0) is 30.4 Å². The minimum Gasteiger partial charge on any atom is -0.320 e. The van der Waals surface area contributed by atoms with Gasteiger partial charge in [-0.25, -0.2) is 0 Å². The van der Waals surface area contributed by atoms with Crippen LogP contribution in [0.25, 0.3) is 0 Å². The van der Waals surface area contributed by atoms with Crippen molar-refractivity contribution in [3.05, 3.63) is 70.8 Å². The second-order valence-corrected chi connectivity index (χ2v) is 6.77. The molecule has 0 heterocycles. The first-order valence-corrected chi connectivity index (χ1v) is 9.64. The monoisotopic (exact) mass is 337 g/mol. The standard InChI is InChI=1S/C23H31NO/c1-3-5-7-8-9-11-18-12-10-14-20(17-18)22(24)21-16-15-19(23(21)25)13-6-4-2/h6,10,12-17,22H,3-5,7-9,11,24H2,1-2H3. The molecule has 2 heteroatoms. The van der Waals surface area contributed by atoms with E-state index < -0.39 is 0 Å². The van der Waals surface area contributed by atoms with Crippen molar-refractivity contribution in [2.24, 2.45) is 5.73 Å². The van der Waals surface area contributed by atoms with Crippen molar-refractivity contribution in [1.29, 1.82) is 0 Å². The first kappa shape index (κ1) is 19.4. The van der Waals surface area contributed by atoms with Crippen molar-refractivity contribution in [1.82, 2.24) is 0 Å². The summed E-state index contributed by atoms with van der Waals surface area (Å²) < 4.78 is 0. The maximum absolute atomic E-state index is 12.5. The third-order valence-corrected chi connectivity index (χ3v) is 4.71.